The summed E-state index contributed by atoms with van der Waals surface area (Å²) in [6, 6.07) is 13.4. The second-order valence-electron chi connectivity index (χ2n) is 7.91. The zero-order valence-corrected chi connectivity index (χ0v) is 17.5. The van der Waals surface area contributed by atoms with Gasteiger partial charge in [0.1, 0.15) is 0 Å². The van der Waals surface area contributed by atoms with Gasteiger partial charge in [-0.25, -0.2) is 0 Å². The standard InChI is InChI=1S/C23H23NS2/c1-14-12-19(25-13-14)20-22-18(10-11-24-20)15(2)21(26-22)16-6-8-17(9-7-16)23(3,4)5/h6-13H,1-5H3. The van der Waals surface area contributed by atoms with Gasteiger partial charge in [0, 0.05) is 11.1 Å². The molecule has 0 aliphatic rings. The Labute approximate surface area is 163 Å². The Bertz CT molecular complexity index is 1080. The smallest absolute Gasteiger partial charge is 0.0980 e. The lowest BCUT2D eigenvalue weighted by Gasteiger charge is -2.19. The van der Waals surface area contributed by atoms with E-state index in [2.05, 4.69) is 76.4 Å². The van der Waals surface area contributed by atoms with Gasteiger partial charge >= 0.3 is 0 Å². The quantitative estimate of drug-likeness (QED) is 0.350. The van der Waals surface area contributed by atoms with E-state index in [9.17, 15) is 0 Å². The lowest BCUT2D eigenvalue weighted by molar-refractivity contribution is 0.590. The summed E-state index contributed by atoms with van der Waals surface area (Å²) < 4.78 is 1.29. The molecule has 3 heteroatoms. The first-order valence-corrected chi connectivity index (χ1v) is 10.6. The molecule has 26 heavy (non-hydrogen) atoms. The molecule has 3 heterocycles. The summed E-state index contributed by atoms with van der Waals surface area (Å²) in [5.74, 6) is 0. The number of thiophene rings is 2. The van der Waals surface area contributed by atoms with Gasteiger partial charge in [-0.1, -0.05) is 45.0 Å². The third-order valence-corrected chi connectivity index (χ3v) is 7.25. The number of hydrogen-bond acceptors (Lipinski definition) is 3. The number of nitrogens with zero attached hydrogens (tertiary/aromatic N) is 1. The first kappa shape index (κ1) is 17.4. The van der Waals surface area contributed by atoms with E-state index in [1.807, 2.05) is 17.5 Å². The van der Waals surface area contributed by atoms with Crippen LogP contribution >= 0.6 is 22.7 Å². The molecule has 4 aromatic rings. The van der Waals surface area contributed by atoms with E-state index in [1.165, 1.54) is 42.1 Å². The Morgan fingerprint density at radius 1 is 0.962 bits per heavy atom. The van der Waals surface area contributed by atoms with Crippen LogP contribution in [0.3, 0.4) is 0 Å². The van der Waals surface area contributed by atoms with Crippen molar-refractivity contribution in [1.82, 2.24) is 4.98 Å². The van der Waals surface area contributed by atoms with Gasteiger partial charge in [-0.3, -0.25) is 4.98 Å². The largest absolute Gasteiger partial charge is 0.254 e. The van der Waals surface area contributed by atoms with Crippen molar-refractivity contribution in [3.8, 4) is 21.0 Å². The average molecular weight is 378 g/mol. The molecule has 3 aromatic heterocycles. The van der Waals surface area contributed by atoms with E-state index in [1.54, 1.807) is 11.3 Å². The molecule has 0 spiro atoms. The number of hydrogen-bond donors (Lipinski definition) is 0. The van der Waals surface area contributed by atoms with Crippen LogP contribution in [0, 0.1) is 13.8 Å². The van der Waals surface area contributed by atoms with Crippen LogP contribution in [-0.2, 0) is 5.41 Å². The fourth-order valence-electron chi connectivity index (χ4n) is 3.28. The molecule has 0 saturated heterocycles. The van der Waals surface area contributed by atoms with Crippen LogP contribution < -0.4 is 0 Å². The van der Waals surface area contributed by atoms with E-state index in [0.29, 0.717) is 0 Å². The Morgan fingerprint density at radius 2 is 1.69 bits per heavy atom. The first-order chi connectivity index (χ1) is 12.3. The molecule has 0 amide bonds. The van der Waals surface area contributed by atoms with Gasteiger partial charge in [0.05, 0.1) is 15.3 Å². The van der Waals surface area contributed by atoms with Gasteiger partial charge in [-0.15, -0.1) is 22.7 Å². The van der Waals surface area contributed by atoms with Crippen molar-refractivity contribution < 1.29 is 0 Å². The van der Waals surface area contributed by atoms with E-state index in [-0.39, 0.29) is 5.41 Å². The van der Waals surface area contributed by atoms with Crippen LogP contribution in [0.1, 0.15) is 37.5 Å². The highest BCUT2D eigenvalue weighted by Gasteiger charge is 2.17. The molecule has 0 unspecified atom stereocenters. The molecule has 1 aromatic carbocycles. The predicted molar refractivity (Wildman–Crippen MR) is 117 cm³/mol. The molecule has 0 aliphatic carbocycles. The van der Waals surface area contributed by atoms with Crippen molar-refractivity contribution >= 4 is 32.8 Å². The van der Waals surface area contributed by atoms with Gasteiger partial charge in [0.15, 0.2) is 0 Å². The molecule has 4 rings (SSSR count). The molecular formula is C23H23NS2. The third-order valence-electron chi connectivity index (χ3n) is 4.83. The highest BCUT2D eigenvalue weighted by atomic mass is 32.1. The molecule has 0 fully saturated rings. The first-order valence-electron chi connectivity index (χ1n) is 8.89. The van der Waals surface area contributed by atoms with Gasteiger partial charge in [-0.2, -0.15) is 0 Å². The summed E-state index contributed by atoms with van der Waals surface area (Å²) in [5.41, 5.74) is 6.62. The highest BCUT2D eigenvalue weighted by molar-refractivity contribution is 7.23. The number of pyridine rings is 1. The van der Waals surface area contributed by atoms with Crippen molar-refractivity contribution in [3.63, 3.8) is 0 Å². The lowest BCUT2D eigenvalue weighted by Crippen LogP contribution is -2.10. The lowest BCUT2D eigenvalue weighted by atomic mass is 9.86. The zero-order valence-electron chi connectivity index (χ0n) is 15.9. The second kappa shape index (κ2) is 6.33. The summed E-state index contributed by atoms with van der Waals surface area (Å²) >= 11 is 3.64. The zero-order chi connectivity index (χ0) is 18.5. The average Bonchev–Trinajstić information content (AvgIpc) is 3.18. The minimum absolute atomic E-state index is 0.182. The fraction of sp³-hybridized carbons (Fsp3) is 0.261. The summed E-state index contributed by atoms with van der Waals surface area (Å²) in [6.45, 7) is 11.1. The van der Waals surface area contributed by atoms with E-state index >= 15 is 0 Å². The van der Waals surface area contributed by atoms with Crippen molar-refractivity contribution in [2.45, 2.75) is 40.0 Å². The van der Waals surface area contributed by atoms with Crippen LogP contribution in [0.25, 0.3) is 31.1 Å². The van der Waals surface area contributed by atoms with Gasteiger partial charge in [-0.05, 0) is 64.4 Å². The Kier molecular flexibility index (Phi) is 4.25. The van der Waals surface area contributed by atoms with Gasteiger partial charge in [0.25, 0.3) is 0 Å². The summed E-state index contributed by atoms with van der Waals surface area (Å²) in [7, 11) is 0. The number of benzene rings is 1. The molecule has 1 nitrogen and oxygen atoms in total. The van der Waals surface area contributed by atoms with E-state index in [4.69, 9.17) is 4.98 Å². The molecule has 0 N–H and O–H groups in total. The van der Waals surface area contributed by atoms with Crippen molar-refractivity contribution in [1.29, 1.82) is 0 Å². The van der Waals surface area contributed by atoms with Gasteiger partial charge in [0.2, 0.25) is 0 Å². The minimum Gasteiger partial charge on any atom is -0.254 e. The van der Waals surface area contributed by atoms with E-state index in [0.717, 1.165) is 5.69 Å². The minimum atomic E-state index is 0.182. The SMILES string of the molecule is Cc1csc(-c2nccc3c(C)c(-c4ccc(C(C)(C)C)cc4)sc23)c1. The molecule has 0 saturated carbocycles. The molecule has 132 valence electrons. The molecule has 0 aliphatic heterocycles. The summed E-state index contributed by atoms with van der Waals surface area (Å²) in [6.07, 6.45) is 1.94. The Morgan fingerprint density at radius 3 is 2.31 bits per heavy atom. The van der Waals surface area contributed by atoms with Crippen LogP contribution in [0.5, 0.6) is 0 Å². The maximum absolute atomic E-state index is 4.71. The van der Waals surface area contributed by atoms with E-state index < -0.39 is 0 Å². The van der Waals surface area contributed by atoms with Crippen molar-refractivity contribution in [2.24, 2.45) is 0 Å². The number of aromatic nitrogens is 1. The number of fused-ring (bicyclic) bond motifs is 1. The third kappa shape index (κ3) is 3.00. The number of rotatable bonds is 2. The van der Waals surface area contributed by atoms with Crippen LogP contribution in [0.2, 0.25) is 0 Å². The molecular weight excluding hydrogens is 354 g/mol. The predicted octanol–water partition coefficient (Wildman–Crippen LogP) is 7.61. The molecule has 0 atom stereocenters. The van der Waals surface area contributed by atoms with Gasteiger partial charge < -0.3 is 0 Å². The number of aryl methyl sites for hydroxylation is 2. The highest BCUT2D eigenvalue weighted by Crippen LogP contribution is 2.43. The maximum atomic E-state index is 4.71. The summed E-state index contributed by atoms with van der Waals surface area (Å²) in [5, 5.41) is 3.52. The normalized spacial score (nSPS) is 12.0. The van der Waals surface area contributed by atoms with Crippen LogP contribution in [-0.4, -0.2) is 4.98 Å². The monoisotopic (exact) mass is 377 g/mol. The molecule has 0 bridgehead atoms. The topological polar surface area (TPSA) is 12.9 Å². The van der Waals surface area contributed by atoms with Crippen LogP contribution in [0.15, 0.2) is 48.0 Å². The maximum Gasteiger partial charge on any atom is 0.0980 e. The van der Waals surface area contributed by atoms with Crippen LogP contribution in [0.4, 0.5) is 0 Å². The van der Waals surface area contributed by atoms with Crippen molar-refractivity contribution in [3.05, 3.63) is 64.7 Å². The fourth-order valence-corrected chi connectivity index (χ4v) is 5.55. The summed E-state index contributed by atoms with van der Waals surface area (Å²) in [4.78, 5) is 7.31. The second-order valence-corrected chi connectivity index (χ2v) is 9.84. The Balaban J connectivity index is 1.86. The van der Waals surface area contributed by atoms with Crippen molar-refractivity contribution in [2.75, 3.05) is 0 Å². The Hall–Kier alpha value is -1.97. The molecule has 0 radical (unpaired) electrons.